The molecule has 1 aromatic carbocycles. The summed E-state index contributed by atoms with van der Waals surface area (Å²) in [4.78, 5) is 12.4. The van der Waals surface area contributed by atoms with E-state index in [0.29, 0.717) is 6.54 Å². The molecule has 0 aliphatic carbocycles. The molecular formula is C12H15NO2. The number of hydrogen-bond acceptors (Lipinski definition) is 2. The van der Waals surface area contributed by atoms with Gasteiger partial charge in [-0.05, 0) is 24.6 Å². The first-order chi connectivity index (χ1) is 7.09. The summed E-state index contributed by atoms with van der Waals surface area (Å²) in [6, 6.07) is 9.86. The maximum atomic E-state index is 10.4. The first-order valence-corrected chi connectivity index (χ1v) is 4.76. The molecule has 0 saturated carbocycles. The molecule has 0 unspecified atom stereocenters. The van der Waals surface area contributed by atoms with Crippen molar-refractivity contribution in [3.63, 3.8) is 0 Å². The fourth-order valence-electron chi connectivity index (χ4n) is 1.40. The van der Waals surface area contributed by atoms with E-state index in [1.54, 1.807) is 0 Å². The summed E-state index contributed by atoms with van der Waals surface area (Å²) in [6.45, 7) is 2.43. The Hall–Kier alpha value is -1.77. The van der Waals surface area contributed by atoms with Crippen molar-refractivity contribution in [2.45, 2.75) is 6.92 Å². The summed E-state index contributed by atoms with van der Waals surface area (Å²) in [5, 5.41) is 8.57. The van der Waals surface area contributed by atoms with Crippen molar-refractivity contribution in [1.29, 1.82) is 0 Å². The minimum atomic E-state index is -0.894. The minimum absolute atomic E-state index is 0.621. The number of carbonyl (C=O) groups is 1. The first-order valence-electron chi connectivity index (χ1n) is 4.76. The van der Waals surface area contributed by atoms with Crippen LogP contribution in [-0.2, 0) is 4.79 Å². The molecule has 3 nitrogen and oxygen atoms in total. The lowest BCUT2D eigenvalue weighted by Gasteiger charge is -2.19. The zero-order valence-electron chi connectivity index (χ0n) is 8.97. The van der Waals surface area contributed by atoms with Crippen molar-refractivity contribution >= 4 is 11.7 Å². The maximum absolute atomic E-state index is 10.4. The predicted molar refractivity (Wildman–Crippen MR) is 61.1 cm³/mol. The number of aliphatic carboxylic acids is 1. The average molecular weight is 205 g/mol. The Morgan fingerprint density at radius 2 is 2.00 bits per heavy atom. The van der Waals surface area contributed by atoms with Gasteiger partial charge in [0, 0.05) is 25.4 Å². The average Bonchev–Trinajstić information content (AvgIpc) is 2.17. The lowest BCUT2D eigenvalue weighted by atomic mass is 10.2. The van der Waals surface area contributed by atoms with E-state index in [4.69, 9.17) is 5.11 Å². The van der Waals surface area contributed by atoms with E-state index in [-0.39, 0.29) is 0 Å². The summed E-state index contributed by atoms with van der Waals surface area (Å²) in [5.41, 5.74) is 1.91. The number of likely N-dealkylation sites (N-methyl/N-ethyl adjacent to an activating group) is 1. The van der Waals surface area contributed by atoms with Gasteiger partial charge in [0.2, 0.25) is 0 Å². The first kappa shape index (κ1) is 11.3. The zero-order valence-corrected chi connectivity index (χ0v) is 8.97. The van der Waals surface area contributed by atoms with Crippen molar-refractivity contribution in [1.82, 2.24) is 0 Å². The third-order valence-electron chi connectivity index (χ3n) is 2.05. The van der Waals surface area contributed by atoms with E-state index >= 15 is 0 Å². The molecule has 0 radical (unpaired) electrons. The van der Waals surface area contributed by atoms with Crippen LogP contribution in [0, 0.1) is 0 Å². The second-order valence-corrected chi connectivity index (χ2v) is 3.52. The van der Waals surface area contributed by atoms with Crippen LogP contribution >= 0.6 is 0 Å². The molecule has 1 aromatic rings. The third kappa shape index (κ3) is 3.85. The van der Waals surface area contributed by atoms with Crippen LogP contribution in [0.25, 0.3) is 0 Å². The molecule has 3 heteroatoms. The fourth-order valence-corrected chi connectivity index (χ4v) is 1.40. The number of para-hydroxylation sites is 1. The van der Waals surface area contributed by atoms with Gasteiger partial charge in [0.15, 0.2) is 0 Å². The van der Waals surface area contributed by atoms with E-state index in [2.05, 4.69) is 0 Å². The van der Waals surface area contributed by atoms with Crippen molar-refractivity contribution < 1.29 is 9.90 Å². The van der Waals surface area contributed by atoms with Gasteiger partial charge >= 0.3 is 5.97 Å². The molecule has 80 valence electrons. The second kappa shape index (κ2) is 5.20. The van der Waals surface area contributed by atoms with Gasteiger partial charge in [0.25, 0.3) is 0 Å². The highest BCUT2D eigenvalue weighted by atomic mass is 16.4. The van der Waals surface area contributed by atoms with Gasteiger partial charge in [-0.2, -0.15) is 0 Å². The lowest BCUT2D eigenvalue weighted by molar-refractivity contribution is -0.131. The van der Waals surface area contributed by atoms with E-state index in [1.165, 1.54) is 6.08 Å². The molecule has 0 fully saturated rings. The Morgan fingerprint density at radius 1 is 1.40 bits per heavy atom. The summed E-state index contributed by atoms with van der Waals surface area (Å²) in [6.07, 6.45) is 1.24. The Bertz CT molecular complexity index is 357. The number of anilines is 1. The highest BCUT2D eigenvalue weighted by Gasteiger charge is 2.01. The normalized spacial score (nSPS) is 11.2. The maximum Gasteiger partial charge on any atom is 0.328 e. The molecule has 0 spiro atoms. The van der Waals surface area contributed by atoms with Crippen molar-refractivity contribution in [3.05, 3.63) is 42.0 Å². The lowest BCUT2D eigenvalue weighted by Crippen LogP contribution is -2.19. The molecule has 0 aromatic heterocycles. The predicted octanol–water partition coefficient (Wildman–Crippen LogP) is 2.15. The van der Waals surface area contributed by atoms with E-state index in [0.717, 1.165) is 11.3 Å². The van der Waals surface area contributed by atoms with Crippen LogP contribution in [0.1, 0.15) is 6.92 Å². The summed E-state index contributed by atoms with van der Waals surface area (Å²) >= 11 is 0. The number of benzene rings is 1. The Labute approximate surface area is 89.6 Å². The van der Waals surface area contributed by atoms with Crippen LogP contribution in [0.2, 0.25) is 0 Å². The molecule has 0 heterocycles. The summed E-state index contributed by atoms with van der Waals surface area (Å²) in [5.74, 6) is -0.894. The molecule has 0 aliphatic heterocycles. The number of rotatable bonds is 4. The van der Waals surface area contributed by atoms with Gasteiger partial charge in [-0.1, -0.05) is 18.2 Å². The van der Waals surface area contributed by atoms with Gasteiger partial charge in [-0.3, -0.25) is 0 Å². The number of nitrogens with zero attached hydrogens (tertiary/aromatic N) is 1. The van der Waals surface area contributed by atoms with Crippen LogP contribution in [-0.4, -0.2) is 24.7 Å². The molecule has 0 bridgehead atoms. The fraction of sp³-hybridized carbons (Fsp3) is 0.250. The van der Waals surface area contributed by atoms with Crippen molar-refractivity contribution in [3.8, 4) is 0 Å². The van der Waals surface area contributed by atoms with Crippen LogP contribution < -0.4 is 4.90 Å². The molecule has 1 N–H and O–H groups in total. The number of carboxylic acids is 1. The SMILES string of the molecule is CC(=CC(=O)O)CN(C)c1ccccc1. The van der Waals surface area contributed by atoms with Crippen LogP contribution in [0.3, 0.4) is 0 Å². The topological polar surface area (TPSA) is 40.5 Å². The second-order valence-electron chi connectivity index (χ2n) is 3.52. The van der Waals surface area contributed by atoms with E-state index < -0.39 is 5.97 Å². The quantitative estimate of drug-likeness (QED) is 0.766. The summed E-state index contributed by atoms with van der Waals surface area (Å²) < 4.78 is 0. The van der Waals surface area contributed by atoms with E-state index in [9.17, 15) is 4.79 Å². The monoisotopic (exact) mass is 205 g/mol. The third-order valence-corrected chi connectivity index (χ3v) is 2.05. The Balaban J connectivity index is 2.64. The van der Waals surface area contributed by atoms with Crippen LogP contribution in [0.15, 0.2) is 42.0 Å². The van der Waals surface area contributed by atoms with Gasteiger partial charge in [0.1, 0.15) is 0 Å². The van der Waals surface area contributed by atoms with Gasteiger partial charge in [-0.15, -0.1) is 0 Å². The molecular weight excluding hydrogens is 190 g/mol. The van der Waals surface area contributed by atoms with Crippen molar-refractivity contribution in [2.75, 3.05) is 18.5 Å². The smallest absolute Gasteiger partial charge is 0.328 e. The molecule has 0 amide bonds. The van der Waals surface area contributed by atoms with E-state index in [1.807, 2.05) is 49.2 Å². The highest BCUT2D eigenvalue weighted by molar-refractivity contribution is 5.80. The number of hydrogen-bond donors (Lipinski definition) is 1. The van der Waals surface area contributed by atoms with Gasteiger partial charge < -0.3 is 10.0 Å². The Morgan fingerprint density at radius 3 is 2.53 bits per heavy atom. The number of carboxylic acid groups (broad SMARTS) is 1. The van der Waals surface area contributed by atoms with Crippen LogP contribution in [0.4, 0.5) is 5.69 Å². The largest absolute Gasteiger partial charge is 0.478 e. The molecule has 0 aliphatic rings. The minimum Gasteiger partial charge on any atom is -0.478 e. The Kier molecular flexibility index (Phi) is 3.92. The molecule has 1 rings (SSSR count). The molecule has 0 atom stereocenters. The van der Waals surface area contributed by atoms with Crippen LogP contribution in [0.5, 0.6) is 0 Å². The summed E-state index contributed by atoms with van der Waals surface area (Å²) in [7, 11) is 1.94. The van der Waals surface area contributed by atoms with Crippen molar-refractivity contribution in [2.24, 2.45) is 0 Å². The highest BCUT2D eigenvalue weighted by Crippen LogP contribution is 2.12. The van der Waals surface area contributed by atoms with Gasteiger partial charge in [-0.25, -0.2) is 4.79 Å². The standard InChI is InChI=1S/C12H15NO2/c1-10(8-12(14)15)9-13(2)11-6-4-3-5-7-11/h3-8H,9H2,1-2H3,(H,14,15). The van der Waals surface area contributed by atoms with Gasteiger partial charge in [0.05, 0.1) is 0 Å². The zero-order chi connectivity index (χ0) is 11.3. The molecule has 0 saturated heterocycles. The molecule has 15 heavy (non-hydrogen) atoms.